The molecule has 0 saturated heterocycles. The molecule has 0 spiro atoms. The Hall–Kier alpha value is 0.230. The van der Waals surface area contributed by atoms with E-state index >= 15 is 0 Å². The van der Waals surface area contributed by atoms with Crippen LogP contribution in [0.5, 0.6) is 5.75 Å². The first-order chi connectivity index (χ1) is 5.77. The summed E-state index contributed by atoms with van der Waals surface area (Å²) in [5.74, 6) is 0.929. The van der Waals surface area contributed by atoms with Gasteiger partial charge in [-0.15, -0.1) is 0 Å². The maximum absolute atomic E-state index is 5.13. The van der Waals surface area contributed by atoms with E-state index in [2.05, 4.69) is 44.6 Å². The van der Waals surface area contributed by atoms with Crippen molar-refractivity contribution >= 4 is 38.5 Å². The van der Waals surface area contributed by atoms with Crippen LogP contribution in [0.1, 0.15) is 5.56 Å². The van der Waals surface area contributed by atoms with Gasteiger partial charge in [0.1, 0.15) is 5.75 Å². The van der Waals surface area contributed by atoms with Crippen LogP contribution in [0.4, 0.5) is 0 Å². The van der Waals surface area contributed by atoms with Crippen molar-refractivity contribution in [2.24, 2.45) is 0 Å². The molecule has 1 rings (SSSR count). The molecule has 0 atom stereocenters. The third kappa shape index (κ3) is 2.62. The van der Waals surface area contributed by atoms with Crippen LogP contribution >= 0.6 is 38.5 Å². The second-order valence-corrected chi connectivity index (χ2v) is 4.33. The molecule has 1 aromatic carbocycles. The first-order valence-electron chi connectivity index (χ1n) is 3.66. The summed E-state index contributed by atoms with van der Waals surface area (Å²) >= 11 is 5.87. The van der Waals surface area contributed by atoms with E-state index in [9.17, 15) is 0 Å². The molecule has 0 heterocycles. The van der Waals surface area contributed by atoms with Gasteiger partial charge in [-0.1, -0.05) is 38.5 Å². The molecule has 0 aliphatic rings. The fourth-order valence-corrected chi connectivity index (χ4v) is 2.00. The number of ether oxygens (including phenoxy) is 1. The summed E-state index contributed by atoms with van der Waals surface area (Å²) in [6.07, 6.45) is 1.08. The molecule has 3 heteroatoms. The van der Waals surface area contributed by atoms with Gasteiger partial charge < -0.3 is 4.74 Å². The third-order valence-corrected chi connectivity index (χ3v) is 2.93. The smallest absolute Gasteiger partial charge is 0.119 e. The van der Waals surface area contributed by atoms with Gasteiger partial charge in [0.15, 0.2) is 0 Å². The molecular weight excluding hydrogens is 331 g/mol. The van der Waals surface area contributed by atoms with E-state index in [1.165, 1.54) is 10.0 Å². The van der Waals surface area contributed by atoms with Gasteiger partial charge in [0.05, 0.1) is 7.11 Å². The minimum absolute atomic E-state index is 0.929. The maximum Gasteiger partial charge on any atom is 0.119 e. The Bertz CT molecular complexity index is 263. The van der Waals surface area contributed by atoms with E-state index in [4.69, 9.17) is 4.74 Å². The molecule has 1 nitrogen and oxygen atoms in total. The molecule has 0 fully saturated rings. The SMILES string of the molecule is COc1ccc(Br)c(CCI)c1. The number of rotatable bonds is 3. The molecule has 0 aliphatic heterocycles. The third-order valence-electron chi connectivity index (χ3n) is 1.62. The fourth-order valence-electron chi connectivity index (χ4n) is 0.971. The lowest BCUT2D eigenvalue weighted by Gasteiger charge is -2.05. The van der Waals surface area contributed by atoms with Crippen LogP contribution in [0.15, 0.2) is 22.7 Å². The van der Waals surface area contributed by atoms with E-state index in [1.54, 1.807) is 7.11 Å². The first kappa shape index (κ1) is 10.3. The average Bonchev–Trinajstić information content (AvgIpc) is 2.09. The summed E-state index contributed by atoms with van der Waals surface area (Å²) < 4.78 is 7.43. The summed E-state index contributed by atoms with van der Waals surface area (Å²) in [5.41, 5.74) is 1.31. The lowest BCUT2D eigenvalue weighted by molar-refractivity contribution is 0.414. The number of benzene rings is 1. The van der Waals surface area contributed by atoms with Gasteiger partial charge in [-0.05, 0) is 30.2 Å². The minimum Gasteiger partial charge on any atom is -0.497 e. The zero-order valence-corrected chi connectivity index (χ0v) is 10.6. The molecule has 0 radical (unpaired) electrons. The van der Waals surface area contributed by atoms with Crippen molar-refractivity contribution in [1.82, 2.24) is 0 Å². The van der Waals surface area contributed by atoms with Crippen molar-refractivity contribution in [3.8, 4) is 5.75 Å². The molecule has 1 aromatic rings. The minimum atomic E-state index is 0.929. The van der Waals surface area contributed by atoms with E-state index in [1.807, 2.05) is 12.1 Å². The molecule has 0 N–H and O–H groups in total. The first-order valence-corrected chi connectivity index (χ1v) is 5.98. The van der Waals surface area contributed by atoms with Crippen LogP contribution < -0.4 is 4.74 Å². The number of hydrogen-bond acceptors (Lipinski definition) is 1. The molecule has 0 aromatic heterocycles. The largest absolute Gasteiger partial charge is 0.497 e. The highest BCUT2D eigenvalue weighted by atomic mass is 127. The number of aryl methyl sites for hydroxylation is 1. The topological polar surface area (TPSA) is 9.23 Å². The van der Waals surface area contributed by atoms with Gasteiger partial charge in [0, 0.05) is 8.90 Å². The molecule has 0 bridgehead atoms. The van der Waals surface area contributed by atoms with Crippen molar-refractivity contribution < 1.29 is 4.74 Å². The van der Waals surface area contributed by atoms with Crippen LogP contribution in [0, 0.1) is 0 Å². The second kappa shape index (κ2) is 5.07. The highest BCUT2D eigenvalue weighted by molar-refractivity contribution is 14.1. The quantitative estimate of drug-likeness (QED) is 0.605. The Balaban J connectivity index is 2.91. The summed E-state index contributed by atoms with van der Waals surface area (Å²) in [6.45, 7) is 0. The number of alkyl halides is 1. The van der Waals surface area contributed by atoms with Crippen molar-refractivity contribution in [3.63, 3.8) is 0 Å². The lowest BCUT2D eigenvalue weighted by atomic mass is 10.2. The summed E-state index contributed by atoms with van der Waals surface area (Å²) in [7, 11) is 1.69. The second-order valence-electron chi connectivity index (χ2n) is 2.40. The van der Waals surface area contributed by atoms with Gasteiger partial charge in [0.25, 0.3) is 0 Å². The van der Waals surface area contributed by atoms with Crippen molar-refractivity contribution in [2.75, 3.05) is 11.5 Å². The van der Waals surface area contributed by atoms with Crippen molar-refractivity contribution in [3.05, 3.63) is 28.2 Å². The Morgan fingerprint density at radius 3 is 2.83 bits per heavy atom. The fraction of sp³-hybridized carbons (Fsp3) is 0.333. The van der Waals surface area contributed by atoms with E-state index in [0.29, 0.717) is 0 Å². The van der Waals surface area contributed by atoms with Crippen LogP contribution in [-0.4, -0.2) is 11.5 Å². The number of methoxy groups -OCH3 is 1. The van der Waals surface area contributed by atoms with Gasteiger partial charge in [0.2, 0.25) is 0 Å². The summed E-state index contributed by atoms with van der Waals surface area (Å²) in [4.78, 5) is 0. The van der Waals surface area contributed by atoms with Crippen molar-refractivity contribution in [1.29, 1.82) is 0 Å². The van der Waals surface area contributed by atoms with E-state index in [-0.39, 0.29) is 0 Å². The average molecular weight is 341 g/mol. The molecule has 0 saturated carbocycles. The van der Waals surface area contributed by atoms with E-state index in [0.717, 1.165) is 16.6 Å². The Morgan fingerprint density at radius 1 is 1.50 bits per heavy atom. The number of hydrogen-bond donors (Lipinski definition) is 0. The normalized spacial score (nSPS) is 9.92. The molecule has 0 amide bonds. The van der Waals surface area contributed by atoms with Crippen LogP contribution in [0.2, 0.25) is 0 Å². The van der Waals surface area contributed by atoms with Crippen LogP contribution in [-0.2, 0) is 6.42 Å². The monoisotopic (exact) mass is 340 g/mol. The van der Waals surface area contributed by atoms with Gasteiger partial charge >= 0.3 is 0 Å². The summed E-state index contributed by atoms with van der Waals surface area (Å²) in [5, 5.41) is 0. The molecule has 66 valence electrons. The summed E-state index contributed by atoms with van der Waals surface area (Å²) in [6, 6.07) is 6.06. The Labute approximate surface area is 94.8 Å². The van der Waals surface area contributed by atoms with Gasteiger partial charge in [-0.25, -0.2) is 0 Å². The van der Waals surface area contributed by atoms with E-state index < -0.39 is 0 Å². The lowest BCUT2D eigenvalue weighted by Crippen LogP contribution is -1.90. The molecule has 12 heavy (non-hydrogen) atoms. The maximum atomic E-state index is 5.13. The zero-order valence-electron chi connectivity index (χ0n) is 6.81. The Morgan fingerprint density at radius 2 is 2.25 bits per heavy atom. The standard InChI is InChI=1S/C9H10BrIO/c1-12-8-2-3-9(10)7(6-8)4-5-11/h2-3,6H,4-5H2,1H3. The predicted octanol–water partition coefficient (Wildman–Crippen LogP) is 3.44. The van der Waals surface area contributed by atoms with Crippen LogP contribution in [0.25, 0.3) is 0 Å². The van der Waals surface area contributed by atoms with Crippen molar-refractivity contribution in [2.45, 2.75) is 6.42 Å². The van der Waals surface area contributed by atoms with Crippen LogP contribution in [0.3, 0.4) is 0 Å². The van der Waals surface area contributed by atoms with Gasteiger partial charge in [-0.2, -0.15) is 0 Å². The highest BCUT2D eigenvalue weighted by Gasteiger charge is 2.00. The molecular formula is C9H10BrIO. The van der Waals surface area contributed by atoms with Gasteiger partial charge in [-0.3, -0.25) is 0 Å². The Kier molecular flexibility index (Phi) is 4.35. The predicted molar refractivity (Wildman–Crippen MR) is 63.3 cm³/mol. The highest BCUT2D eigenvalue weighted by Crippen LogP contribution is 2.23. The molecule has 0 unspecified atom stereocenters. The molecule has 0 aliphatic carbocycles. The zero-order chi connectivity index (χ0) is 8.97. The number of halogens is 2.